The molecule has 12 heavy (non-hydrogen) atoms. The molecule has 1 aromatic rings. The average Bonchev–Trinajstić information content (AvgIpc) is 1.99. The highest BCUT2D eigenvalue weighted by Gasteiger charge is 2.06. The normalized spacial score (nSPS) is 10.8. The van der Waals surface area contributed by atoms with E-state index in [9.17, 15) is 0 Å². The van der Waals surface area contributed by atoms with Crippen LogP contribution < -0.4 is 0 Å². The highest BCUT2D eigenvalue weighted by molar-refractivity contribution is 6.31. The van der Waals surface area contributed by atoms with Crippen LogP contribution in [0.1, 0.15) is 36.7 Å². The summed E-state index contributed by atoms with van der Waals surface area (Å²) in [6.07, 6.45) is 0. The first kappa shape index (κ1) is 9.53. The van der Waals surface area contributed by atoms with Gasteiger partial charge in [0, 0.05) is 16.4 Å². The van der Waals surface area contributed by atoms with E-state index >= 15 is 0 Å². The molecule has 0 bridgehead atoms. The molecule has 1 heterocycles. The molecule has 0 saturated heterocycles. The molecule has 0 N–H and O–H groups in total. The van der Waals surface area contributed by atoms with E-state index in [1.54, 1.807) is 0 Å². The van der Waals surface area contributed by atoms with Crippen molar-refractivity contribution in [2.24, 2.45) is 0 Å². The minimum absolute atomic E-state index is 0.446. The van der Waals surface area contributed by atoms with E-state index in [0.717, 1.165) is 22.0 Å². The van der Waals surface area contributed by atoms with Crippen molar-refractivity contribution in [1.82, 2.24) is 4.98 Å². The summed E-state index contributed by atoms with van der Waals surface area (Å²) in [5.74, 6) is 0.446. The fourth-order valence-corrected chi connectivity index (χ4v) is 1.26. The second kappa shape index (κ2) is 3.44. The van der Waals surface area contributed by atoms with E-state index < -0.39 is 0 Å². The van der Waals surface area contributed by atoms with E-state index in [0.29, 0.717) is 5.92 Å². The van der Waals surface area contributed by atoms with E-state index in [4.69, 9.17) is 11.6 Å². The monoisotopic (exact) mass is 183 g/mol. The van der Waals surface area contributed by atoms with E-state index in [1.807, 2.05) is 19.9 Å². The van der Waals surface area contributed by atoms with Crippen LogP contribution >= 0.6 is 11.6 Å². The molecule has 1 nitrogen and oxygen atoms in total. The van der Waals surface area contributed by atoms with Gasteiger partial charge in [-0.05, 0) is 31.4 Å². The maximum Gasteiger partial charge on any atom is 0.0471 e. The van der Waals surface area contributed by atoms with Gasteiger partial charge < -0.3 is 0 Å². The highest BCUT2D eigenvalue weighted by Crippen LogP contribution is 2.22. The molecule has 0 unspecified atom stereocenters. The lowest BCUT2D eigenvalue weighted by Crippen LogP contribution is -1.97. The lowest BCUT2D eigenvalue weighted by molar-refractivity contribution is 0.813. The number of nitrogens with zero attached hydrogens (tertiary/aromatic N) is 1. The number of hydrogen-bond acceptors (Lipinski definition) is 1. The third kappa shape index (κ3) is 1.78. The van der Waals surface area contributed by atoms with Crippen molar-refractivity contribution >= 4 is 11.6 Å². The van der Waals surface area contributed by atoms with Gasteiger partial charge in [0.05, 0.1) is 0 Å². The molecule has 0 aliphatic carbocycles. The van der Waals surface area contributed by atoms with Crippen LogP contribution in [-0.4, -0.2) is 4.98 Å². The molecule has 0 radical (unpaired) electrons. The summed E-state index contributed by atoms with van der Waals surface area (Å²) >= 11 is 6.02. The van der Waals surface area contributed by atoms with Gasteiger partial charge in [-0.3, -0.25) is 4.98 Å². The lowest BCUT2D eigenvalue weighted by atomic mass is 10.1. The van der Waals surface area contributed by atoms with Gasteiger partial charge in [-0.25, -0.2) is 0 Å². The second-order valence-corrected chi connectivity index (χ2v) is 3.80. The molecule has 0 spiro atoms. The zero-order valence-corrected chi connectivity index (χ0v) is 8.74. The molecule has 66 valence electrons. The Morgan fingerprint density at radius 1 is 1.33 bits per heavy atom. The molecule has 0 amide bonds. The Morgan fingerprint density at radius 3 is 2.33 bits per heavy atom. The number of hydrogen-bond donors (Lipinski definition) is 0. The Bertz CT molecular complexity index is 269. The first-order valence-corrected chi connectivity index (χ1v) is 4.53. The van der Waals surface area contributed by atoms with Gasteiger partial charge >= 0.3 is 0 Å². The van der Waals surface area contributed by atoms with Gasteiger partial charge in [0.2, 0.25) is 0 Å². The predicted octanol–water partition coefficient (Wildman–Crippen LogP) is 3.48. The third-order valence-electron chi connectivity index (χ3n) is 2.06. The van der Waals surface area contributed by atoms with Crippen LogP contribution in [0.3, 0.4) is 0 Å². The van der Waals surface area contributed by atoms with Crippen molar-refractivity contribution in [3.63, 3.8) is 0 Å². The molecule has 0 atom stereocenters. The molecule has 0 aromatic carbocycles. The zero-order valence-electron chi connectivity index (χ0n) is 7.98. The largest absolute Gasteiger partial charge is 0.258 e. The molecule has 1 aromatic heterocycles. The number of pyridine rings is 1. The van der Waals surface area contributed by atoms with Crippen molar-refractivity contribution in [2.45, 2.75) is 33.6 Å². The molecule has 2 heteroatoms. The number of halogens is 1. The number of aromatic nitrogens is 1. The highest BCUT2D eigenvalue weighted by atomic mass is 35.5. The van der Waals surface area contributed by atoms with Crippen molar-refractivity contribution < 1.29 is 0 Å². The van der Waals surface area contributed by atoms with Gasteiger partial charge in [-0.15, -0.1) is 0 Å². The van der Waals surface area contributed by atoms with Crippen LogP contribution in [0.15, 0.2) is 6.07 Å². The average molecular weight is 184 g/mol. The fraction of sp³-hybridized carbons (Fsp3) is 0.500. The van der Waals surface area contributed by atoms with Crippen molar-refractivity contribution in [3.8, 4) is 0 Å². The van der Waals surface area contributed by atoms with Gasteiger partial charge in [0.1, 0.15) is 0 Å². The standard InChI is InChI=1S/C10H14ClN/c1-6(2)10-5-9(11)7(3)8(4)12-10/h5-6H,1-4H3. The Labute approximate surface area is 78.8 Å². The SMILES string of the molecule is Cc1nc(C(C)C)cc(Cl)c1C. The summed E-state index contributed by atoms with van der Waals surface area (Å²) in [5, 5.41) is 0.825. The molecule has 0 saturated carbocycles. The van der Waals surface area contributed by atoms with Crippen LogP contribution in [-0.2, 0) is 0 Å². The van der Waals surface area contributed by atoms with Crippen molar-refractivity contribution in [2.75, 3.05) is 0 Å². The van der Waals surface area contributed by atoms with Gasteiger partial charge in [-0.2, -0.15) is 0 Å². The molecule has 0 aliphatic heterocycles. The third-order valence-corrected chi connectivity index (χ3v) is 2.46. The lowest BCUT2D eigenvalue weighted by Gasteiger charge is -2.08. The number of aryl methyl sites for hydroxylation is 1. The zero-order chi connectivity index (χ0) is 9.30. The molecule has 1 rings (SSSR count). The smallest absolute Gasteiger partial charge is 0.0471 e. The van der Waals surface area contributed by atoms with Crippen LogP contribution in [0.4, 0.5) is 0 Å². The van der Waals surface area contributed by atoms with E-state index in [1.165, 1.54) is 0 Å². The van der Waals surface area contributed by atoms with Gasteiger partial charge in [-0.1, -0.05) is 25.4 Å². The van der Waals surface area contributed by atoms with Crippen LogP contribution in [0.25, 0.3) is 0 Å². The summed E-state index contributed by atoms with van der Waals surface area (Å²) in [6.45, 7) is 8.22. The first-order valence-electron chi connectivity index (χ1n) is 4.16. The maximum atomic E-state index is 6.02. The van der Waals surface area contributed by atoms with E-state index in [-0.39, 0.29) is 0 Å². The summed E-state index contributed by atoms with van der Waals surface area (Å²) < 4.78 is 0. The maximum absolute atomic E-state index is 6.02. The van der Waals surface area contributed by atoms with Crippen LogP contribution in [0.5, 0.6) is 0 Å². The van der Waals surface area contributed by atoms with Gasteiger partial charge in [0.25, 0.3) is 0 Å². The topological polar surface area (TPSA) is 12.9 Å². The second-order valence-electron chi connectivity index (χ2n) is 3.39. The summed E-state index contributed by atoms with van der Waals surface area (Å²) in [6, 6.07) is 1.95. The molecule has 0 aliphatic rings. The Kier molecular flexibility index (Phi) is 2.73. The first-order chi connectivity index (χ1) is 5.52. The molecule has 0 fully saturated rings. The Morgan fingerprint density at radius 2 is 1.92 bits per heavy atom. The minimum Gasteiger partial charge on any atom is -0.258 e. The number of rotatable bonds is 1. The van der Waals surface area contributed by atoms with Crippen molar-refractivity contribution in [1.29, 1.82) is 0 Å². The Balaban J connectivity index is 3.21. The summed E-state index contributed by atoms with van der Waals surface area (Å²) in [4.78, 5) is 4.45. The fourth-order valence-electron chi connectivity index (χ4n) is 1.02. The summed E-state index contributed by atoms with van der Waals surface area (Å²) in [7, 11) is 0. The minimum atomic E-state index is 0.446. The quantitative estimate of drug-likeness (QED) is 0.650. The predicted molar refractivity (Wildman–Crippen MR) is 52.8 cm³/mol. The summed E-state index contributed by atoms with van der Waals surface area (Å²) in [5.41, 5.74) is 3.19. The molecular formula is C10H14ClN. The van der Waals surface area contributed by atoms with Crippen LogP contribution in [0.2, 0.25) is 5.02 Å². The van der Waals surface area contributed by atoms with Gasteiger partial charge in [0.15, 0.2) is 0 Å². The van der Waals surface area contributed by atoms with E-state index in [2.05, 4.69) is 18.8 Å². The Hall–Kier alpha value is -0.560. The molecular weight excluding hydrogens is 170 g/mol. The van der Waals surface area contributed by atoms with Crippen LogP contribution in [0, 0.1) is 13.8 Å². The van der Waals surface area contributed by atoms with Crippen molar-refractivity contribution in [3.05, 3.63) is 28.0 Å².